The summed E-state index contributed by atoms with van der Waals surface area (Å²) in [7, 11) is 0. The normalized spacial score (nSPS) is 11.7. The molecule has 0 aliphatic carbocycles. The first-order chi connectivity index (χ1) is 12.9. The molecule has 1 amide bonds. The molecule has 3 aromatic rings. The minimum Gasteiger partial charge on any atom is -0.344 e. The highest BCUT2D eigenvalue weighted by atomic mass is 16.1. The van der Waals surface area contributed by atoms with Crippen molar-refractivity contribution in [2.45, 2.75) is 33.7 Å². The summed E-state index contributed by atoms with van der Waals surface area (Å²) >= 11 is 0. The standard InChI is InChI=1S/C22H24N4O/c1-14-10-11-19(15(2)12-14)25-22-23-16(3)13-20(26-22)21(27)24-17(4)18-8-6-5-7-9-18/h5-13,17H,1-4H3,(H,24,27)(H,23,25,26). The summed E-state index contributed by atoms with van der Waals surface area (Å²) in [6.07, 6.45) is 0. The Labute approximate surface area is 159 Å². The van der Waals surface area contributed by atoms with E-state index in [1.807, 2.05) is 63.2 Å². The molecular formula is C22H24N4O. The monoisotopic (exact) mass is 360 g/mol. The molecule has 0 aliphatic heterocycles. The third kappa shape index (κ3) is 4.70. The fourth-order valence-corrected chi connectivity index (χ4v) is 2.91. The van der Waals surface area contributed by atoms with E-state index in [1.54, 1.807) is 6.07 Å². The molecular weight excluding hydrogens is 336 g/mol. The van der Waals surface area contributed by atoms with Crippen LogP contribution in [0.2, 0.25) is 0 Å². The lowest BCUT2D eigenvalue weighted by Gasteiger charge is -2.15. The van der Waals surface area contributed by atoms with Crippen LogP contribution in [0.3, 0.4) is 0 Å². The van der Waals surface area contributed by atoms with E-state index in [2.05, 4.69) is 33.6 Å². The lowest BCUT2D eigenvalue weighted by Crippen LogP contribution is -2.27. The Morgan fingerprint density at radius 1 is 0.963 bits per heavy atom. The van der Waals surface area contributed by atoms with E-state index in [4.69, 9.17) is 0 Å². The van der Waals surface area contributed by atoms with E-state index in [9.17, 15) is 4.79 Å². The Morgan fingerprint density at radius 2 is 1.70 bits per heavy atom. The van der Waals surface area contributed by atoms with Gasteiger partial charge in [-0.3, -0.25) is 4.79 Å². The molecule has 27 heavy (non-hydrogen) atoms. The molecule has 2 aromatic carbocycles. The largest absolute Gasteiger partial charge is 0.344 e. The molecule has 3 rings (SSSR count). The minimum absolute atomic E-state index is 0.107. The zero-order chi connectivity index (χ0) is 19.4. The second kappa shape index (κ2) is 7.99. The van der Waals surface area contributed by atoms with Gasteiger partial charge < -0.3 is 10.6 Å². The van der Waals surface area contributed by atoms with Crippen molar-refractivity contribution in [3.63, 3.8) is 0 Å². The lowest BCUT2D eigenvalue weighted by molar-refractivity contribution is 0.0934. The van der Waals surface area contributed by atoms with Gasteiger partial charge in [0, 0.05) is 11.4 Å². The van der Waals surface area contributed by atoms with Crippen LogP contribution < -0.4 is 10.6 Å². The fraction of sp³-hybridized carbons (Fsp3) is 0.227. The molecule has 1 atom stereocenters. The molecule has 1 aromatic heterocycles. The van der Waals surface area contributed by atoms with Crippen molar-refractivity contribution in [3.8, 4) is 0 Å². The Hall–Kier alpha value is -3.21. The van der Waals surface area contributed by atoms with Gasteiger partial charge in [0.2, 0.25) is 5.95 Å². The number of nitrogens with one attached hydrogen (secondary N) is 2. The van der Waals surface area contributed by atoms with Gasteiger partial charge in [-0.25, -0.2) is 9.97 Å². The number of benzene rings is 2. The number of rotatable bonds is 5. The second-order valence-electron chi connectivity index (χ2n) is 6.77. The van der Waals surface area contributed by atoms with E-state index in [0.29, 0.717) is 11.6 Å². The third-order valence-electron chi connectivity index (χ3n) is 4.36. The van der Waals surface area contributed by atoms with Gasteiger partial charge in [-0.2, -0.15) is 0 Å². The molecule has 5 nitrogen and oxygen atoms in total. The van der Waals surface area contributed by atoms with Gasteiger partial charge in [0.05, 0.1) is 6.04 Å². The Morgan fingerprint density at radius 3 is 2.41 bits per heavy atom. The molecule has 138 valence electrons. The van der Waals surface area contributed by atoms with Crippen LogP contribution in [0.5, 0.6) is 0 Å². The SMILES string of the molecule is Cc1ccc(Nc2nc(C)cc(C(=O)NC(C)c3ccccc3)n2)c(C)c1. The molecule has 0 saturated heterocycles. The number of aromatic nitrogens is 2. The van der Waals surface area contributed by atoms with Crippen LogP contribution in [-0.2, 0) is 0 Å². The van der Waals surface area contributed by atoms with Crippen LogP contribution in [-0.4, -0.2) is 15.9 Å². The maximum Gasteiger partial charge on any atom is 0.270 e. The van der Waals surface area contributed by atoms with E-state index < -0.39 is 0 Å². The van der Waals surface area contributed by atoms with E-state index in [0.717, 1.165) is 22.5 Å². The Kier molecular flexibility index (Phi) is 5.50. The molecule has 1 heterocycles. The number of carbonyl (C=O) groups is 1. The average molecular weight is 360 g/mol. The highest BCUT2D eigenvalue weighted by molar-refractivity contribution is 5.93. The van der Waals surface area contributed by atoms with Crippen molar-refractivity contribution >= 4 is 17.5 Å². The molecule has 5 heteroatoms. The Balaban J connectivity index is 1.79. The number of hydrogen-bond donors (Lipinski definition) is 2. The van der Waals surface area contributed by atoms with Crippen molar-refractivity contribution in [3.05, 3.63) is 82.7 Å². The molecule has 0 fully saturated rings. The molecule has 0 saturated carbocycles. The third-order valence-corrected chi connectivity index (χ3v) is 4.36. The maximum atomic E-state index is 12.7. The van der Waals surface area contributed by atoms with Gasteiger partial charge >= 0.3 is 0 Å². The van der Waals surface area contributed by atoms with Gasteiger partial charge in [-0.1, -0.05) is 48.0 Å². The smallest absolute Gasteiger partial charge is 0.270 e. The quantitative estimate of drug-likeness (QED) is 0.696. The Bertz CT molecular complexity index is 954. The van der Waals surface area contributed by atoms with Crippen molar-refractivity contribution < 1.29 is 4.79 Å². The minimum atomic E-state index is -0.222. The van der Waals surface area contributed by atoms with Crippen molar-refractivity contribution in [2.75, 3.05) is 5.32 Å². The van der Waals surface area contributed by atoms with Gasteiger partial charge in [0.25, 0.3) is 5.91 Å². The summed E-state index contributed by atoms with van der Waals surface area (Å²) in [5.74, 6) is 0.194. The van der Waals surface area contributed by atoms with Crippen LogP contribution in [0.1, 0.15) is 45.8 Å². The number of carbonyl (C=O) groups excluding carboxylic acids is 1. The molecule has 1 unspecified atom stereocenters. The van der Waals surface area contributed by atoms with Crippen LogP contribution in [0.4, 0.5) is 11.6 Å². The van der Waals surface area contributed by atoms with Gasteiger partial charge in [-0.05, 0) is 51.0 Å². The number of hydrogen-bond acceptors (Lipinski definition) is 4. The summed E-state index contributed by atoms with van der Waals surface area (Å²) in [6, 6.07) is 17.5. The predicted octanol–water partition coefficient (Wildman–Crippen LogP) is 4.64. The first kappa shape index (κ1) is 18.6. The summed E-state index contributed by atoms with van der Waals surface area (Å²) in [4.78, 5) is 21.5. The maximum absolute atomic E-state index is 12.7. The van der Waals surface area contributed by atoms with E-state index >= 15 is 0 Å². The average Bonchev–Trinajstić information content (AvgIpc) is 2.64. The fourth-order valence-electron chi connectivity index (χ4n) is 2.91. The molecule has 0 bridgehead atoms. The van der Waals surface area contributed by atoms with E-state index in [1.165, 1.54) is 5.56 Å². The number of amides is 1. The van der Waals surface area contributed by atoms with Gasteiger partial charge in [0.1, 0.15) is 5.69 Å². The molecule has 0 radical (unpaired) electrons. The highest BCUT2D eigenvalue weighted by Gasteiger charge is 2.15. The topological polar surface area (TPSA) is 66.9 Å². The van der Waals surface area contributed by atoms with Crippen molar-refractivity contribution in [2.24, 2.45) is 0 Å². The highest BCUT2D eigenvalue weighted by Crippen LogP contribution is 2.20. The van der Waals surface area contributed by atoms with Crippen LogP contribution in [0.15, 0.2) is 54.6 Å². The molecule has 0 spiro atoms. The number of aryl methyl sites for hydroxylation is 3. The van der Waals surface area contributed by atoms with Crippen molar-refractivity contribution in [1.29, 1.82) is 0 Å². The van der Waals surface area contributed by atoms with Crippen LogP contribution in [0, 0.1) is 20.8 Å². The zero-order valence-corrected chi connectivity index (χ0v) is 16.1. The number of nitrogens with zero attached hydrogens (tertiary/aromatic N) is 2. The second-order valence-corrected chi connectivity index (χ2v) is 6.77. The summed E-state index contributed by atoms with van der Waals surface area (Å²) in [5.41, 5.74) is 5.34. The summed E-state index contributed by atoms with van der Waals surface area (Å²) in [5, 5.41) is 6.21. The summed E-state index contributed by atoms with van der Waals surface area (Å²) in [6.45, 7) is 7.89. The van der Waals surface area contributed by atoms with Gasteiger partial charge in [0.15, 0.2) is 0 Å². The van der Waals surface area contributed by atoms with Crippen LogP contribution >= 0.6 is 0 Å². The van der Waals surface area contributed by atoms with Gasteiger partial charge in [-0.15, -0.1) is 0 Å². The number of anilines is 2. The lowest BCUT2D eigenvalue weighted by atomic mass is 10.1. The van der Waals surface area contributed by atoms with Crippen molar-refractivity contribution in [1.82, 2.24) is 15.3 Å². The first-order valence-corrected chi connectivity index (χ1v) is 8.98. The molecule has 2 N–H and O–H groups in total. The zero-order valence-electron chi connectivity index (χ0n) is 16.1. The van der Waals surface area contributed by atoms with E-state index in [-0.39, 0.29) is 11.9 Å². The van der Waals surface area contributed by atoms with Crippen LogP contribution in [0.25, 0.3) is 0 Å². The molecule has 0 aliphatic rings. The summed E-state index contributed by atoms with van der Waals surface area (Å²) < 4.78 is 0. The first-order valence-electron chi connectivity index (χ1n) is 8.98. The predicted molar refractivity (Wildman–Crippen MR) is 108 cm³/mol.